The molecule has 0 spiro atoms. The number of hydrogen-bond donors (Lipinski definition) is 3. The first kappa shape index (κ1) is 16.5. The minimum atomic E-state index is -0.210. The van der Waals surface area contributed by atoms with Crippen molar-refractivity contribution < 1.29 is 9.90 Å². The van der Waals surface area contributed by atoms with E-state index in [1.807, 2.05) is 31.2 Å². The molecule has 0 saturated heterocycles. The Bertz CT molecular complexity index is 421. The van der Waals surface area contributed by atoms with Crippen molar-refractivity contribution >= 4 is 11.7 Å². The maximum absolute atomic E-state index is 11.7. The topological polar surface area (TPSA) is 61.4 Å². The molecule has 2 amide bonds. The molecule has 0 heterocycles. The van der Waals surface area contributed by atoms with Crippen LogP contribution in [0.5, 0.6) is 0 Å². The Labute approximate surface area is 121 Å². The average molecular weight is 278 g/mol. The Hall–Kier alpha value is -1.55. The number of nitrogens with one attached hydrogen (secondary N) is 2. The smallest absolute Gasteiger partial charge is 0.319 e. The van der Waals surface area contributed by atoms with Gasteiger partial charge in [-0.2, -0.15) is 0 Å². The molecule has 0 fully saturated rings. The lowest BCUT2D eigenvalue weighted by Crippen LogP contribution is -2.32. The van der Waals surface area contributed by atoms with E-state index >= 15 is 0 Å². The molecular weight excluding hydrogens is 252 g/mol. The van der Waals surface area contributed by atoms with Crippen molar-refractivity contribution in [2.75, 3.05) is 18.5 Å². The zero-order valence-electron chi connectivity index (χ0n) is 12.9. The van der Waals surface area contributed by atoms with Gasteiger partial charge in [-0.05, 0) is 35.4 Å². The first-order valence-electron chi connectivity index (χ1n) is 7.09. The minimum absolute atomic E-state index is 0.112. The third-order valence-electron chi connectivity index (χ3n) is 3.24. The van der Waals surface area contributed by atoms with Crippen LogP contribution >= 0.6 is 0 Å². The van der Waals surface area contributed by atoms with Crippen molar-refractivity contribution in [1.82, 2.24) is 5.32 Å². The summed E-state index contributed by atoms with van der Waals surface area (Å²) < 4.78 is 0. The maximum Gasteiger partial charge on any atom is 0.319 e. The second-order valence-electron chi connectivity index (χ2n) is 6.28. The Morgan fingerprint density at radius 3 is 2.35 bits per heavy atom. The number of rotatable bonds is 5. The summed E-state index contributed by atoms with van der Waals surface area (Å²) in [5.41, 5.74) is 2.13. The molecule has 0 radical (unpaired) electrons. The lowest BCUT2D eigenvalue weighted by atomic mass is 9.87. The fourth-order valence-corrected chi connectivity index (χ4v) is 1.82. The predicted octanol–water partition coefficient (Wildman–Crippen LogP) is 3.12. The number of aliphatic hydroxyl groups excluding tert-OH is 1. The van der Waals surface area contributed by atoms with Gasteiger partial charge in [-0.15, -0.1) is 0 Å². The molecule has 0 aliphatic carbocycles. The molecule has 1 aromatic carbocycles. The quantitative estimate of drug-likeness (QED) is 0.775. The van der Waals surface area contributed by atoms with Crippen molar-refractivity contribution in [3.63, 3.8) is 0 Å². The van der Waals surface area contributed by atoms with E-state index in [1.165, 1.54) is 5.56 Å². The van der Waals surface area contributed by atoms with Crippen LogP contribution in [0.25, 0.3) is 0 Å². The van der Waals surface area contributed by atoms with Crippen LogP contribution in [0.15, 0.2) is 24.3 Å². The third kappa shape index (κ3) is 5.61. The van der Waals surface area contributed by atoms with Gasteiger partial charge in [0.15, 0.2) is 0 Å². The Morgan fingerprint density at radius 1 is 1.25 bits per heavy atom. The third-order valence-corrected chi connectivity index (χ3v) is 3.24. The standard InChI is InChI=1S/C16H26N2O2/c1-12(9-10-19)11-17-15(20)18-14-7-5-13(6-8-14)16(2,3)4/h5-8,12,19H,9-11H2,1-4H3,(H2,17,18,20). The van der Waals surface area contributed by atoms with Gasteiger partial charge >= 0.3 is 6.03 Å². The highest BCUT2D eigenvalue weighted by atomic mass is 16.3. The van der Waals surface area contributed by atoms with E-state index in [4.69, 9.17) is 5.11 Å². The van der Waals surface area contributed by atoms with Crippen LogP contribution in [0.4, 0.5) is 10.5 Å². The van der Waals surface area contributed by atoms with Crippen LogP contribution in [-0.4, -0.2) is 24.3 Å². The monoisotopic (exact) mass is 278 g/mol. The van der Waals surface area contributed by atoms with E-state index < -0.39 is 0 Å². The van der Waals surface area contributed by atoms with Gasteiger partial charge in [0.2, 0.25) is 0 Å². The number of amides is 2. The van der Waals surface area contributed by atoms with Crippen LogP contribution < -0.4 is 10.6 Å². The summed E-state index contributed by atoms with van der Waals surface area (Å²) in [4.78, 5) is 11.7. The Morgan fingerprint density at radius 2 is 1.85 bits per heavy atom. The Balaban J connectivity index is 2.46. The molecule has 3 N–H and O–H groups in total. The molecule has 0 aliphatic rings. The molecule has 0 bridgehead atoms. The summed E-state index contributed by atoms with van der Waals surface area (Å²) in [7, 11) is 0. The van der Waals surface area contributed by atoms with Gasteiger partial charge < -0.3 is 15.7 Å². The van der Waals surface area contributed by atoms with Crippen molar-refractivity contribution in [2.24, 2.45) is 5.92 Å². The predicted molar refractivity (Wildman–Crippen MR) is 83.0 cm³/mol. The number of benzene rings is 1. The highest BCUT2D eigenvalue weighted by Crippen LogP contribution is 2.23. The second-order valence-corrected chi connectivity index (χ2v) is 6.28. The fraction of sp³-hybridized carbons (Fsp3) is 0.562. The van der Waals surface area contributed by atoms with Gasteiger partial charge in [0, 0.05) is 18.8 Å². The molecule has 0 aliphatic heterocycles. The molecule has 1 aromatic rings. The summed E-state index contributed by atoms with van der Waals surface area (Å²) in [6.45, 7) is 9.18. The van der Waals surface area contributed by atoms with Crippen molar-refractivity contribution in [1.29, 1.82) is 0 Å². The number of urea groups is 1. The van der Waals surface area contributed by atoms with Gasteiger partial charge in [0.1, 0.15) is 0 Å². The van der Waals surface area contributed by atoms with Crippen molar-refractivity contribution in [2.45, 2.75) is 39.5 Å². The zero-order chi connectivity index (χ0) is 15.2. The number of aliphatic hydroxyl groups is 1. The lowest BCUT2D eigenvalue weighted by molar-refractivity contribution is 0.243. The molecular formula is C16H26N2O2. The number of carbonyl (C=O) groups is 1. The molecule has 20 heavy (non-hydrogen) atoms. The number of anilines is 1. The summed E-state index contributed by atoms with van der Waals surface area (Å²) in [5, 5.41) is 14.4. The molecule has 1 unspecified atom stereocenters. The Kier molecular flexibility index (Phi) is 6.02. The van der Waals surface area contributed by atoms with Crippen molar-refractivity contribution in [3.05, 3.63) is 29.8 Å². The van der Waals surface area contributed by atoms with Gasteiger partial charge in [-0.25, -0.2) is 4.79 Å². The molecule has 4 heteroatoms. The molecule has 1 rings (SSSR count). The van der Waals surface area contributed by atoms with Gasteiger partial charge in [0.05, 0.1) is 0 Å². The van der Waals surface area contributed by atoms with Crippen LogP contribution in [0.1, 0.15) is 39.7 Å². The molecule has 1 atom stereocenters. The van der Waals surface area contributed by atoms with Crippen LogP contribution in [-0.2, 0) is 5.41 Å². The number of carbonyl (C=O) groups excluding carboxylic acids is 1. The van der Waals surface area contributed by atoms with Crippen LogP contribution in [0, 0.1) is 5.92 Å². The molecule has 112 valence electrons. The summed E-state index contributed by atoms with van der Waals surface area (Å²) in [6, 6.07) is 7.68. The first-order chi connectivity index (χ1) is 9.32. The van der Waals surface area contributed by atoms with E-state index in [0.717, 1.165) is 5.69 Å². The second kappa shape index (κ2) is 7.29. The van der Waals surface area contributed by atoms with Gasteiger partial charge in [-0.3, -0.25) is 0 Å². The van der Waals surface area contributed by atoms with E-state index in [-0.39, 0.29) is 24.0 Å². The van der Waals surface area contributed by atoms with Crippen LogP contribution in [0.3, 0.4) is 0 Å². The highest BCUT2D eigenvalue weighted by molar-refractivity contribution is 5.89. The normalized spacial score (nSPS) is 12.8. The van der Waals surface area contributed by atoms with Crippen molar-refractivity contribution in [3.8, 4) is 0 Å². The van der Waals surface area contributed by atoms with Gasteiger partial charge in [0.25, 0.3) is 0 Å². The largest absolute Gasteiger partial charge is 0.396 e. The zero-order valence-corrected chi connectivity index (χ0v) is 12.9. The average Bonchev–Trinajstić information content (AvgIpc) is 2.36. The first-order valence-corrected chi connectivity index (χ1v) is 7.09. The van der Waals surface area contributed by atoms with Gasteiger partial charge in [-0.1, -0.05) is 39.8 Å². The highest BCUT2D eigenvalue weighted by Gasteiger charge is 2.13. The van der Waals surface area contributed by atoms with E-state index in [2.05, 4.69) is 31.4 Å². The molecule has 0 saturated carbocycles. The fourth-order valence-electron chi connectivity index (χ4n) is 1.82. The van der Waals surface area contributed by atoms with E-state index in [1.54, 1.807) is 0 Å². The summed E-state index contributed by atoms with van der Waals surface area (Å²) in [6.07, 6.45) is 0.695. The van der Waals surface area contributed by atoms with E-state index in [0.29, 0.717) is 13.0 Å². The van der Waals surface area contributed by atoms with Crippen LogP contribution in [0.2, 0.25) is 0 Å². The maximum atomic E-state index is 11.7. The molecule has 0 aromatic heterocycles. The molecule has 4 nitrogen and oxygen atoms in total. The summed E-state index contributed by atoms with van der Waals surface area (Å²) >= 11 is 0. The number of hydrogen-bond acceptors (Lipinski definition) is 2. The SMILES string of the molecule is CC(CCO)CNC(=O)Nc1ccc(C(C)(C)C)cc1. The minimum Gasteiger partial charge on any atom is -0.396 e. The summed E-state index contributed by atoms with van der Waals surface area (Å²) in [5.74, 6) is 0.272. The lowest BCUT2D eigenvalue weighted by Gasteiger charge is -2.19. The van der Waals surface area contributed by atoms with E-state index in [9.17, 15) is 4.79 Å².